The van der Waals surface area contributed by atoms with E-state index < -0.39 is 5.54 Å². The molecule has 7 heteroatoms. The Kier molecular flexibility index (Phi) is 4.89. The highest BCUT2D eigenvalue weighted by molar-refractivity contribution is 6.30. The molecule has 2 aromatic rings. The molecule has 1 aromatic heterocycles. The number of halogens is 1. The van der Waals surface area contributed by atoms with Gasteiger partial charge in [-0.1, -0.05) is 17.7 Å². The number of nitrogens with zero attached hydrogens (tertiary/aromatic N) is 2. The molecule has 2 heterocycles. The van der Waals surface area contributed by atoms with Crippen molar-refractivity contribution in [2.45, 2.75) is 25.3 Å². The summed E-state index contributed by atoms with van der Waals surface area (Å²) in [6.07, 6.45) is 2.73. The average Bonchev–Trinajstić information content (AvgIpc) is 2.97. The number of amides is 1. The van der Waals surface area contributed by atoms with E-state index in [2.05, 4.69) is 10.4 Å². The fraction of sp³-hybridized carbons (Fsp3) is 0.412. The number of carbonyl (C=O) groups is 1. The van der Waals surface area contributed by atoms with E-state index in [4.69, 9.17) is 16.3 Å². The second-order valence-corrected chi connectivity index (χ2v) is 6.48. The van der Waals surface area contributed by atoms with Gasteiger partial charge in [-0.05, 0) is 38.0 Å². The molecule has 1 aliphatic heterocycles. The number of rotatable bonds is 4. The Bertz CT molecular complexity index is 738. The number of hydrogen-bond donors (Lipinski definition) is 2. The van der Waals surface area contributed by atoms with E-state index in [0.29, 0.717) is 36.6 Å². The lowest BCUT2D eigenvalue weighted by Gasteiger charge is -2.36. The fourth-order valence-electron chi connectivity index (χ4n) is 2.89. The van der Waals surface area contributed by atoms with Crippen molar-refractivity contribution in [3.8, 4) is 5.69 Å². The molecule has 1 aliphatic rings. The first-order valence-electron chi connectivity index (χ1n) is 7.86. The van der Waals surface area contributed by atoms with Gasteiger partial charge < -0.3 is 15.2 Å². The van der Waals surface area contributed by atoms with Crippen LogP contribution in [-0.4, -0.2) is 46.2 Å². The van der Waals surface area contributed by atoms with Crippen LogP contribution in [0.1, 0.15) is 28.9 Å². The van der Waals surface area contributed by atoms with Gasteiger partial charge in [-0.3, -0.25) is 4.79 Å². The normalized spacial score (nSPS) is 16.8. The number of aromatic nitrogens is 2. The molecule has 1 fully saturated rings. The molecule has 0 aliphatic carbocycles. The lowest BCUT2D eigenvalue weighted by Crippen LogP contribution is -2.54. The van der Waals surface area contributed by atoms with Gasteiger partial charge in [0.1, 0.15) is 0 Å². The maximum atomic E-state index is 12.7. The third-order valence-electron chi connectivity index (χ3n) is 4.44. The first-order valence-corrected chi connectivity index (χ1v) is 8.24. The summed E-state index contributed by atoms with van der Waals surface area (Å²) < 4.78 is 7.00. The van der Waals surface area contributed by atoms with E-state index in [0.717, 1.165) is 11.4 Å². The summed E-state index contributed by atoms with van der Waals surface area (Å²) >= 11 is 6.02. The molecule has 128 valence electrons. The summed E-state index contributed by atoms with van der Waals surface area (Å²) in [7, 11) is 0. The zero-order chi connectivity index (χ0) is 17.2. The number of aliphatic hydroxyl groups is 1. The fourth-order valence-corrected chi connectivity index (χ4v) is 3.08. The first kappa shape index (κ1) is 17.0. The Morgan fingerprint density at radius 3 is 2.88 bits per heavy atom. The molecule has 0 saturated carbocycles. The highest BCUT2D eigenvalue weighted by atomic mass is 35.5. The molecular weight excluding hydrogens is 330 g/mol. The summed E-state index contributed by atoms with van der Waals surface area (Å²) in [5.74, 6) is -0.239. The highest BCUT2D eigenvalue weighted by Gasteiger charge is 2.34. The molecule has 1 aromatic carbocycles. The Morgan fingerprint density at radius 2 is 2.21 bits per heavy atom. The van der Waals surface area contributed by atoms with E-state index in [-0.39, 0.29) is 12.5 Å². The SMILES string of the molecule is Cc1c(C(=O)NC2(CO)CCOCC2)cnn1-c1cccc(Cl)c1. The predicted molar refractivity (Wildman–Crippen MR) is 90.6 cm³/mol. The quantitative estimate of drug-likeness (QED) is 0.886. The molecular formula is C17H20ClN3O3. The van der Waals surface area contributed by atoms with Crippen LogP contribution >= 0.6 is 11.6 Å². The van der Waals surface area contributed by atoms with Crippen molar-refractivity contribution in [1.29, 1.82) is 0 Å². The van der Waals surface area contributed by atoms with Crippen LogP contribution in [0.4, 0.5) is 0 Å². The summed E-state index contributed by atoms with van der Waals surface area (Å²) in [6.45, 7) is 2.78. The molecule has 0 radical (unpaired) electrons. The van der Waals surface area contributed by atoms with Gasteiger partial charge in [0.2, 0.25) is 0 Å². The average molecular weight is 350 g/mol. The van der Waals surface area contributed by atoms with Crippen LogP contribution in [0.15, 0.2) is 30.5 Å². The second-order valence-electron chi connectivity index (χ2n) is 6.04. The molecule has 0 spiro atoms. The minimum Gasteiger partial charge on any atom is -0.394 e. The number of ether oxygens (including phenoxy) is 1. The van der Waals surface area contributed by atoms with E-state index in [9.17, 15) is 9.90 Å². The summed E-state index contributed by atoms with van der Waals surface area (Å²) in [5, 5.41) is 17.6. The number of aliphatic hydroxyl groups excluding tert-OH is 1. The van der Waals surface area contributed by atoms with Crippen LogP contribution in [0.2, 0.25) is 5.02 Å². The number of nitrogens with one attached hydrogen (secondary N) is 1. The Balaban J connectivity index is 1.84. The maximum Gasteiger partial charge on any atom is 0.255 e. The van der Waals surface area contributed by atoms with Crippen LogP contribution in [-0.2, 0) is 4.74 Å². The smallest absolute Gasteiger partial charge is 0.255 e. The second kappa shape index (κ2) is 6.93. The molecule has 0 atom stereocenters. The molecule has 24 heavy (non-hydrogen) atoms. The summed E-state index contributed by atoms with van der Waals surface area (Å²) in [6, 6.07) is 7.28. The summed E-state index contributed by atoms with van der Waals surface area (Å²) in [4.78, 5) is 12.7. The van der Waals surface area contributed by atoms with Crippen molar-refractivity contribution in [3.63, 3.8) is 0 Å². The largest absolute Gasteiger partial charge is 0.394 e. The van der Waals surface area contributed by atoms with Crippen molar-refractivity contribution in [2.24, 2.45) is 0 Å². The molecule has 3 rings (SSSR count). The van der Waals surface area contributed by atoms with Crippen LogP contribution < -0.4 is 5.32 Å². The van der Waals surface area contributed by atoms with Crippen molar-refractivity contribution in [3.05, 3.63) is 46.7 Å². The monoisotopic (exact) mass is 349 g/mol. The number of benzene rings is 1. The van der Waals surface area contributed by atoms with Gasteiger partial charge in [0, 0.05) is 18.2 Å². The molecule has 1 amide bonds. The molecule has 0 unspecified atom stereocenters. The Morgan fingerprint density at radius 1 is 1.46 bits per heavy atom. The van der Waals surface area contributed by atoms with Gasteiger partial charge in [0.15, 0.2) is 0 Å². The Labute approximate surface area is 145 Å². The van der Waals surface area contributed by atoms with Gasteiger partial charge in [0.25, 0.3) is 5.91 Å². The molecule has 1 saturated heterocycles. The summed E-state index contributed by atoms with van der Waals surface area (Å²) in [5.41, 5.74) is 1.37. The van der Waals surface area contributed by atoms with Crippen LogP contribution in [0.5, 0.6) is 0 Å². The van der Waals surface area contributed by atoms with E-state index >= 15 is 0 Å². The van der Waals surface area contributed by atoms with E-state index in [1.54, 1.807) is 16.8 Å². The van der Waals surface area contributed by atoms with Crippen molar-refractivity contribution < 1.29 is 14.6 Å². The molecule has 6 nitrogen and oxygen atoms in total. The molecule has 2 N–H and O–H groups in total. The van der Waals surface area contributed by atoms with Gasteiger partial charge in [-0.15, -0.1) is 0 Å². The topological polar surface area (TPSA) is 76.4 Å². The van der Waals surface area contributed by atoms with Crippen LogP contribution in [0, 0.1) is 6.92 Å². The number of hydrogen-bond acceptors (Lipinski definition) is 4. The maximum absolute atomic E-state index is 12.7. The third kappa shape index (κ3) is 3.31. The minimum absolute atomic E-state index is 0.108. The highest BCUT2D eigenvalue weighted by Crippen LogP contribution is 2.22. The number of carbonyl (C=O) groups excluding carboxylic acids is 1. The van der Waals surface area contributed by atoms with Crippen LogP contribution in [0.25, 0.3) is 5.69 Å². The zero-order valence-electron chi connectivity index (χ0n) is 13.5. The lowest BCUT2D eigenvalue weighted by atomic mass is 9.90. The van der Waals surface area contributed by atoms with Gasteiger partial charge in [0.05, 0.1) is 35.3 Å². The predicted octanol–water partition coefficient (Wildman–Crippen LogP) is 2.11. The third-order valence-corrected chi connectivity index (χ3v) is 4.67. The minimum atomic E-state index is -0.625. The van der Waals surface area contributed by atoms with Crippen molar-refractivity contribution in [2.75, 3.05) is 19.8 Å². The van der Waals surface area contributed by atoms with Crippen LogP contribution in [0.3, 0.4) is 0 Å². The zero-order valence-corrected chi connectivity index (χ0v) is 14.2. The first-order chi connectivity index (χ1) is 11.5. The van der Waals surface area contributed by atoms with Gasteiger partial charge >= 0.3 is 0 Å². The van der Waals surface area contributed by atoms with Gasteiger partial charge in [-0.2, -0.15) is 5.10 Å². The van der Waals surface area contributed by atoms with Gasteiger partial charge in [-0.25, -0.2) is 4.68 Å². The molecule has 0 bridgehead atoms. The standard InChI is InChI=1S/C17H20ClN3O3/c1-12-15(10-19-21(12)14-4-2-3-13(18)9-14)16(23)20-17(11-22)5-7-24-8-6-17/h2-4,9-10,22H,5-8,11H2,1H3,(H,20,23). The van der Waals surface area contributed by atoms with Crippen molar-refractivity contribution in [1.82, 2.24) is 15.1 Å². The van der Waals surface area contributed by atoms with E-state index in [1.165, 1.54) is 6.20 Å². The van der Waals surface area contributed by atoms with Crippen molar-refractivity contribution >= 4 is 17.5 Å². The lowest BCUT2D eigenvalue weighted by molar-refractivity contribution is 0.0125. The Hall–Kier alpha value is -1.89. The van der Waals surface area contributed by atoms with E-state index in [1.807, 2.05) is 19.1 Å².